The van der Waals surface area contributed by atoms with Crippen LogP contribution in [0.25, 0.3) is 0 Å². The molecular weight excluding hydrogens is 1220 g/mol. The summed E-state index contributed by atoms with van der Waals surface area (Å²) in [7, 11) is 0. The number of carboxylic acid groups (broad SMARTS) is 4. The standard InChI is InChI=1S/C60H95N13O20/c1-8-32(4)20-15-13-11-9-10-12-14-16-23-41(74)65-38(28-46(81)82)53(85)71-50-35(7)64-54(86)40-22-19-25-73(40)58(90)47(31(2)3)69-57(89)49(34(6)61)68-43(76)30-63-51(83)36(26-44(77)78)66-42(75)29-62-52(84)37(27-45(79)80)67-56(88)48(33(5)60(92)93)70-55(87)39-21-17-18-24-72(39)59(50)91/h14,16,31-40,47-50H,8-13,15,17-30,61H2,1-7H3,(H,62,84)(H,63,83)(H,64,86)(H,65,74)(H,66,75)(H,67,88)(H,68,76)(H,69,89)(H,70,87)(H,71,85)(H,77,78)(H,79,80)(H,81,82)(H,92,93)/b16-14-/t32-,33-,34+,35+,36-,37-,38-,39+,40-,47-,48-,49+,50-/m0/s1. The van der Waals surface area contributed by atoms with Gasteiger partial charge >= 0.3 is 23.9 Å². The van der Waals surface area contributed by atoms with E-state index in [-0.39, 0.29) is 51.6 Å². The summed E-state index contributed by atoms with van der Waals surface area (Å²) >= 11 is 0. The van der Waals surface area contributed by atoms with Gasteiger partial charge in [0.1, 0.15) is 54.4 Å². The predicted octanol–water partition coefficient (Wildman–Crippen LogP) is -2.63. The number of allylic oxidation sites excluding steroid dienone is 1. The molecule has 3 rings (SSSR count). The van der Waals surface area contributed by atoms with Crippen LogP contribution in [-0.2, 0) is 76.7 Å². The van der Waals surface area contributed by atoms with Crippen molar-refractivity contribution < 1.29 is 97.1 Å². The molecule has 0 aromatic heterocycles. The summed E-state index contributed by atoms with van der Waals surface area (Å²) in [6.45, 7) is 8.75. The van der Waals surface area contributed by atoms with Crippen molar-refractivity contribution in [1.82, 2.24) is 63.0 Å². The van der Waals surface area contributed by atoms with E-state index in [1.807, 2.05) is 10.6 Å². The first-order chi connectivity index (χ1) is 43.8. The number of carbonyl (C=O) groups is 16. The van der Waals surface area contributed by atoms with E-state index < -0.39 is 205 Å². The summed E-state index contributed by atoms with van der Waals surface area (Å²) in [5.74, 6) is -21.8. The number of piperidine rings is 1. The number of rotatable bonds is 24. The van der Waals surface area contributed by atoms with Crippen molar-refractivity contribution in [1.29, 1.82) is 0 Å². The minimum absolute atomic E-state index is 0.0224. The fourth-order valence-corrected chi connectivity index (χ4v) is 10.7. The van der Waals surface area contributed by atoms with Crippen LogP contribution in [0.15, 0.2) is 12.2 Å². The van der Waals surface area contributed by atoms with Gasteiger partial charge < -0.3 is 89.1 Å². The maximum absolute atomic E-state index is 15.2. The van der Waals surface area contributed by atoms with Crippen LogP contribution in [0, 0.1) is 17.8 Å². The van der Waals surface area contributed by atoms with Gasteiger partial charge in [0.2, 0.25) is 70.9 Å². The second kappa shape index (κ2) is 38.9. The zero-order chi connectivity index (χ0) is 69.8. The van der Waals surface area contributed by atoms with Crippen LogP contribution in [-0.4, -0.2) is 218 Å². The van der Waals surface area contributed by atoms with Gasteiger partial charge in [-0.3, -0.25) is 76.7 Å². The molecule has 520 valence electrons. The molecule has 0 aromatic carbocycles. The molecule has 0 unspecified atom stereocenters. The normalized spacial score (nSPS) is 25.3. The highest BCUT2D eigenvalue weighted by atomic mass is 16.4. The Morgan fingerprint density at radius 1 is 0.591 bits per heavy atom. The molecule has 0 spiro atoms. The lowest BCUT2D eigenvalue weighted by atomic mass is 9.96. The van der Waals surface area contributed by atoms with Crippen molar-refractivity contribution in [3.8, 4) is 0 Å². The number of hydrogen-bond acceptors (Lipinski definition) is 17. The Morgan fingerprint density at radius 3 is 1.69 bits per heavy atom. The van der Waals surface area contributed by atoms with Crippen LogP contribution in [0.4, 0.5) is 0 Å². The fourth-order valence-electron chi connectivity index (χ4n) is 10.7. The lowest BCUT2D eigenvalue weighted by molar-refractivity contribution is -0.150. The van der Waals surface area contributed by atoms with E-state index in [0.717, 1.165) is 50.3 Å². The molecule has 3 aliphatic rings. The number of aliphatic carboxylic acids is 4. The summed E-state index contributed by atoms with van der Waals surface area (Å²) in [6, 6.07) is -18.5. The second-order valence-electron chi connectivity index (χ2n) is 24.3. The van der Waals surface area contributed by atoms with Crippen LogP contribution in [0.1, 0.15) is 158 Å². The molecular formula is C60H95N13O20. The van der Waals surface area contributed by atoms with Gasteiger partial charge in [-0.2, -0.15) is 0 Å². The number of carbonyl (C=O) groups excluding carboxylic acids is 12. The highest BCUT2D eigenvalue weighted by Crippen LogP contribution is 2.24. The first-order valence-electron chi connectivity index (χ1n) is 31.6. The molecule has 93 heavy (non-hydrogen) atoms. The second-order valence-corrected chi connectivity index (χ2v) is 24.3. The van der Waals surface area contributed by atoms with Gasteiger partial charge in [-0.1, -0.05) is 78.4 Å². The lowest BCUT2D eigenvalue weighted by Gasteiger charge is -2.39. The first-order valence-corrected chi connectivity index (χ1v) is 31.6. The average molecular weight is 1320 g/mol. The van der Waals surface area contributed by atoms with Crippen LogP contribution < -0.4 is 58.9 Å². The molecule has 13 atom stereocenters. The number of unbranched alkanes of at least 4 members (excludes halogenated alkanes) is 5. The summed E-state index contributed by atoms with van der Waals surface area (Å²) in [5, 5.41) is 62.3. The summed E-state index contributed by atoms with van der Waals surface area (Å²) < 4.78 is 0. The summed E-state index contributed by atoms with van der Waals surface area (Å²) in [5.41, 5.74) is 6.12. The monoisotopic (exact) mass is 1320 g/mol. The molecule has 16 N–H and O–H groups in total. The average Bonchev–Trinajstić information content (AvgIpc) is 1.81. The zero-order valence-corrected chi connectivity index (χ0v) is 53.9. The van der Waals surface area contributed by atoms with E-state index in [2.05, 4.69) is 56.4 Å². The van der Waals surface area contributed by atoms with Crippen molar-refractivity contribution in [2.45, 2.75) is 224 Å². The maximum atomic E-state index is 15.2. The van der Waals surface area contributed by atoms with Gasteiger partial charge in [-0.15, -0.1) is 0 Å². The van der Waals surface area contributed by atoms with Crippen LogP contribution in [0.2, 0.25) is 0 Å². The van der Waals surface area contributed by atoms with E-state index in [9.17, 15) is 92.3 Å². The largest absolute Gasteiger partial charge is 0.481 e. The van der Waals surface area contributed by atoms with E-state index in [1.54, 1.807) is 26.0 Å². The van der Waals surface area contributed by atoms with E-state index in [4.69, 9.17) is 5.73 Å². The number of fused-ring (bicyclic) bond motifs is 2. The van der Waals surface area contributed by atoms with E-state index in [1.165, 1.54) is 25.2 Å². The Bertz CT molecular complexity index is 2740. The number of hydrogen-bond donors (Lipinski definition) is 15. The molecule has 12 amide bonds. The molecule has 0 bridgehead atoms. The van der Waals surface area contributed by atoms with Gasteiger partial charge in [0.25, 0.3) is 0 Å². The minimum atomic E-state index is -2.15. The van der Waals surface area contributed by atoms with Crippen molar-refractivity contribution in [2.75, 3.05) is 26.2 Å². The van der Waals surface area contributed by atoms with E-state index in [0.29, 0.717) is 12.3 Å². The fraction of sp³-hybridized carbons (Fsp3) is 0.700. The van der Waals surface area contributed by atoms with Crippen molar-refractivity contribution in [2.24, 2.45) is 23.5 Å². The molecule has 0 saturated carbocycles. The van der Waals surface area contributed by atoms with Gasteiger partial charge in [-0.25, -0.2) is 0 Å². The highest BCUT2D eigenvalue weighted by molar-refractivity contribution is 6.01. The summed E-state index contributed by atoms with van der Waals surface area (Å²) in [4.78, 5) is 219. The third-order valence-corrected chi connectivity index (χ3v) is 16.3. The SMILES string of the molecule is CC[C@H](C)CCCCCCC/C=C\CC(=O)N[C@@H](CC(=O)O)C(=O)N[C@@H]1C(=O)N2CCCC[C@@H]2C(=O)N[C@@H]([C@H](C)C(=O)O)C(=O)N[C@@H](CC(=O)O)C(=O)NCC(=O)N[C@@H](CC(=O)O)C(=O)NCC(=O)N[C@H]([C@@H](C)N)C(=O)N[C@@H](C(C)C)C(=O)N2CCC[C@H]2C(=O)N[C@@H]1C. The molecule has 3 saturated heterocycles. The van der Waals surface area contributed by atoms with Gasteiger partial charge in [0.05, 0.1) is 44.3 Å². The van der Waals surface area contributed by atoms with Crippen molar-refractivity contribution in [3.05, 3.63) is 12.2 Å². The number of amides is 12. The Balaban J connectivity index is 2.14. The third kappa shape index (κ3) is 26.0. The Labute approximate surface area is 539 Å². The van der Waals surface area contributed by atoms with Gasteiger partial charge in [-0.05, 0) is 77.6 Å². The number of carboxylic acids is 4. The lowest BCUT2D eigenvalue weighted by Crippen LogP contribution is -2.66. The topological polar surface area (TPSA) is 507 Å². The zero-order valence-electron chi connectivity index (χ0n) is 53.9. The molecule has 3 aliphatic heterocycles. The van der Waals surface area contributed by atoms with Crippen molar-refractivity contribution in [3.63, 3.8) is 0 Å². The van der Waals surface area contributed by atoms with Crippen LogP contribution in [0.3, 0.4) is 0 Å². The molecule has 33 heteroatoms. The predicted molar refractivity (Wildman–Crippen MR) is 329 cm³/mol. The number of nitrogens with zero attached hydrogens (tertiary/aromatic N) is 2. The highest BCUT2D eigenvalue weighted by Gasteiger charge is 2.45. The number of nitrogens with two attached hydrogens (primary N) is 1. The third-order valence-electron chi connectivity index (χ3n) is 16.3. The molecule has 3 fully saturated rings. The Morgan fingerprint density at radius 2 is 1.12 bits per heavy atom. The molecule has 0 aliphatic carbocycles. The Kier molecular flexibility index (Phi) is 32.8. The molecule has 0 aromatic rings. The minimum Gasteiger partial charge on any atom is -0.481 e. The Hall–Kier alpha value is -8.78. The van der Waals surface area contributed by atoms with Gasteiger partial charge in [0.15, 0.2) is 0 Å². The quantitative estimate of drug-likeness (QED) is 0.0347. The first kappa shape index (κ1) is 78.5. The molecule has 0 radical (unpaired) electrons. The van der Waals surface area contributed by atoms with Crippen LogP contribution in [0.5, 0.6) is 0 Å². The maximum Gasteiger partial charge on any atom is 0.308 e. The summed E-state index contributed by atoms with van der Waals surface area (Å²) in [6.07, 6.45) is 8.40. The smallest absolute Gasteiger partial charge is 0.308 e. The van der Waals surface area contributed by atoms with Gasteiger partial charge in [0, 0.05) is 25.6 Å². The molecule has 3 heterocycles. The van der Waals surface area contributed by atoms with Crippen LogP contribution >= 0.6 is 0 Å². The molecule has 33 nitrogen and oxygen atoms in total. The van der Waals surface area contributed by atoms with E-state index >= 15 is 4.79 Å². The van der Waals surface area contributed by atoms with Crippen molar-refractivity contribution >= 4 is 94.8 Å². The number of nitrogens with one attached hydrogen (secondary N) is 10.